The lowest BCUT2D eigenvalue weighted by atomic mass is 10.1. The topological polar surface area (TPSA) is 70.0 Å². The third-order valence-corrected chi connectivity index (χ3v) is 4.70. The average Bonchev–Trinajstić information content (AvgIpc) is 2.61. The first-order chi connectivity index (χ1) is 12.6. The van der Waals surface area contributed by atoms with Gasteiger partial charge in [0.1, 0.15) is 0 Å². The molecule has 0 fully saturated rings. The van der Waals surface area contributed by atoms with Crippen molar-refractivity contribution in [2.24, 2.45) is 0 Å². The van der Waals surface area contributed by atoms with Gasteiger partial charge >= 0.3 is 0 Å². The number of carbonyl (C=O) groups excluding carboxylic acids is 1. The number of carbonyl (C=O) groups is 1. The Bertz CT molecular complexity index is 312. The molecule has 0 radical (unpaired) electrons. The van der Waals surface area contributed by atoms with E-state index in [1.54, 1.807) is 0 Å². The predicted molar refractivity (Wildman–Crippen MR) is 107 cm³/mol. The molecule has 0 saturated heterocycles. The van der Waals surface area contributed by atoms with E-state index in [2.05, 4.69) is 6.92 Å². The van der Waals surface area contributed by atoms with Crippen LogP contribution in [-0.2, 0) is 9.53 Å². The van der Waals surface area contributed by atoms with E-state index >= 15 is 0 Å². The van der Waals surface area contributed by atoms with Crippen LogP contribution >= 0.6 is 0 Å². The Labute approximate surface area is 161 Å². The Morgan fingerprint density at radius 1 is 0.923 bits per heavy atom. The van der Waals surface area contributed by atoms with E-state index in [1.165, 1.54) is 82.5 Å². The van der Waals surface area contributed by atoms with E-state index in [0.717, 1.165) is 6.42 Å². The van der Waals surface area contributed by atoms with Gasteiger partial charge in [-0.25, -0.2) is 0 Å². The second-order valence-electron chi connectivity index (χ2n) is 7.31. The number of rotatable bonds is 19. The summed E-state index contributed by atoms with van der Waals surface area (Å²) in [5.74, 6) is -0.140. The number of aliphatic hydroxyl groups excluding tert-OH is 2. The smallest absolute Gasteiger partial charge is 0.219 e. The van der Waals surface area contributed by atoms with Crippen molar-refractivity contribution in [3.63, 3.8) is 0 Å². The van der Waals surface area contributed by atoms with Crippen LogP contribution in [-0.4, -0.2) is 60.0 Å². The zero-order chi connectivity index (χ0) is 19.5. The molecule has 5 heteroatoms. The van der Waals surface area contributed by atoms with Crippen molar-refractivity contribution >= 4 is 5.91 Å². The molecule has 0 bridgehead atoms. The minimum atomic E-state index is -0.692. The van der Waals surface area contributed by atoms with Gasteiger partial charge < -0.3 is 19.8 Å². The molecule has 0 heterocycles. The fourth-order valence-corrected chi connectivity index (χ4v) is 3.07. The number of nitrogens with zero attached hydrogens (tertiary/aromatic N) is 1. The van der Waals surface area contributed by atoms with Crippen molar-refractivity contribution in [1.29, 1.82) is 0 Å². The van der Waals surface area contributed by atoms with Crippen molar-refractivity contribution in [2.45, 2.75) is 97.0 Å². The molecule has 0 saturated carbocycles. The van der Waals surface area contributed by atoms with Gasteiger partial charge in [-0.2, -0.15) is 0 Å². The van der Waals surface area contributed by atoms with E-state index in [-0.39, 0.29) is 32.2 Å². The molecule has 0 aromatic rings. The van der Waals surface area contributed by atoms with Crippen LogP contribution in [0.5, 0.6) is 0 Å². The van der Waals surface area contributed by atoms with Gasteiger partial charge in [0.15, 0.2) is 0 Å². The fourth-order valence-electron chi connectivity index (χ4n) is 3.07. The van der Waals surface area contributed by atoms with Gasteiger partial charge in [0.25, 0.3) is 0 Å². The van der Waals surface area contributed by atoms with Crippen molar-refractivity contribution in [3.05, 3.63) is 0 Å². The van der Waals surface area contributed by atoms with Crippen molar-refractivity contribution < 1.29 is 19.7 Å². The minimum Gasteiger partial charge on any atom is -0.395 e. The molecule has 26 heavy (non-hydrogen) atoms. The molecule has 156 valence electrons. The van der Waals surface area contributed by atoms with Crippen LogP contribution in [0.15, 0.2) is 0 Å². The van der Waals surface area contributed by atoms with E-state index < -0.39 is 6.10 Å². The van der Waals surface area contributed by atoms with Crippen molar-refractivity contribution in [1.82, 2.24) is 4.90 Å². The molecule has 2 N–H and O–H groups in total. The average molecular weight is 374 g/mol. The second kappa shape index (κ2) is 19.1. The molecule has 0 aliphatic heterocycles. The molecule has 0 aromatic carbocycles. The lowest BCUT2D eigenvalue weighted by molar-refractivity contribution is -0.131. The summed E-state index contributed by atoms with van der Waals surface area (Å²) in [5.41, 5.74) is 0. The number of aliphatic hydroxyl groups is 2. The highest BCUT2D eigenvalue weighted by atomic mass is 16.5. The monoisotopic (exact) mass is 373 g/mol. The van der Waals surface area contributed by atoms with Gasteiger partial charge in [-0.05, 0) is 6.42 Å². The van der Waals surface area contributed by atoms with Gasteiger partial charge in [0.2, 0.25) is 5.91 Å². The molecule has 1 unspecified atom stereocenters. The highest BCUT2D eigenvalue weighted by molar-refractivity contribution is 5.73. The van der Waals surface area contributed by atoms with Gasteiger partial charge in [-0.15, -0.1) is 0 Å². The summed E-state index contributed by atoms with van der Waals surface area (Å²) in [6.07, 6.45) is 15.1. The quantitative estimate of drug-likeness (QED) is 0.337. The van der Waals surface area contributed by atoms with Crippen LogP contribution in [0.3, 0.4) is 0 Å². The Balaban J connectivity index is 3.33. The maximum absolute atomic E-state index is 11.3. The number of ether oxygens (including phenoxy) is 1. The highest BCUT2D eigenvalue weighted by Crippen LogP contribution is 2.11. The third kappa shape index (κ3) is 16.8. The SMILES string of the molecule is CCCCCCCCCCCCCCOCC(O)CN(CCO)C(C)=O. The summed E-state index contributed by atoms with van der Waals surface area (Å²) in [5, 5.41) is 18.8. The van der Waals surface area contributed by atoms with Crippen molar-refractivity contribution in [2.75, 3.05) is 32.9 Å². The number of hydrogen-bond acceptors (Lipinski definition) is 4. The Morgan fingerprint density at radius 3 is 1.88 bits per heavy atom. The Kier molecular flexibility index (Phi) is 18.6. The molecular formula is C21H43NO4. The molecule has 1 atom stereocenters. The number of unbranched alkanes of at least 4 members (excludes halogenated alkanes) is 11. The predicted octanol–water partition coefficient (Wildman–Crippen LogP) is 3.91. The summed E-state index contributed by atoms with van der Waals surface area (Å²) in [7, 11) is 0. The molecule has 0 aliphatic carbocycles. The number of hydrogen-bond donors (Lipinski definition) is 2. The molecule has 0 rings (SSSR count). The molecule has 0 aromatic heterocycles. The van der Waals surface area contributed by atoms with Gasteiger partial charge in [0.05, 0.1) is 19.3 Å². The summed E-state index contributed by atoms with van der Waals surface area (Å²) < 4.78 is 5.50. The summed E-state index contributed by atoms with van der Waals surface area (Å²) in [6.45, 7) is 4.98. The first-order valence-corrected chi connectivity index (χ1v) is 10.7. The molecule has 1 amide bonds. The van der Waals surface area contributed by atoms with Crippen LogP contribution in [0, 0.1) is 0 Å². The molecule has 0 spiro atoms. The standard InChI is InChI=1S/C21H43NO4/c1-3-4-5-6-7-8-9-10-11-12-13-14-17-26-19-21(25)18-22(15-16-23)20(2)24/h21,23,25H,3-19H2,1-2H3. The van der Waals surface area contributed by atoms with Gasteiger partial charge in [-0.1, -0.05) is 77.6 Å². The Morgan fingerprint density at radius 2 is 1.42 bits per heavy atom. The van der Waals surface area contributed by atoms with E-state index in [0.29, 0.717) is 6.61 Å². The normalized spacial score (nSPS) is 12.3. The lowest BCUT2D eigenvalue weighted by Crippen LogP contribution is -2.39. The van der Waals surface area contributed by atoms with Gasteiger partial charge in [0, 0.05) is 26.6 Å². The van der Waals surface area contributed by atoms with Crippen LogP contribution < -0.4 is 0 Å². The maximum atomic E-state index is 11.3. The summed E-state index contributed by atoms with van der Waals surface area (Å²) in [4.78, 5) is 12.8. The fraction of sp³-hybridized carbons (Fsp3) is 0.952. The summed E-state index contributed by atoms with van der Waals surface area (Å²) in [6, 6.07) is 0. The van der Waals surface area contributed by atoms with Crippen LogP contribution in [0.4, 0.5) is 0 Å². The highest BCUT2D eigenvalue weighted by Gasteiger charge is 2.13. The zero-order valence-corrected chi connectivity index (χ0v) is 17.3. The Hall–Kier alpha value is -0.650. The van der Waals surface area contributed by atoms with Crippen LogP contribution in [0.2, 0.25) is 0 Å². The van der Waals surface area contributed by atoms with E-state index in [9.17, 15) is 9.90 Å². The third-order valence-electron chi connectivity index (χ3n) is 4.70. The van der Waals surface area contributed by atoms with Crippen molar-refractivity contribution in [3.8, 4) is 0 Å². The van der Waals surface area contributed by atoms with Gasteiger partial charge in [-0.3, -0.25) is 4.79 Å². The van der Waals surface area contributed by atoms with Crippen LogP contribution in [0.25, 0.3) is 0 Å². The van der Waals surface area contributed by atoms with E-state index in [4.69, 9.17) is 9.84 Å². The molecule has 5 nitrogen and oxygen atoms in total. The second-order valence-corrected chi connectivity index (χ2v) is 7.31. The lowest BCUT2D eigenvalue weighted by Gasteiger charge is -2.23. The van der Waals surface area contributed by atoms with Crippen LogP contribution in [0.1, 0.15) is 90.9 Å². The molecule has 0 aliphatic rings. The zero-order valence-electron chi connectivity index (χ0n) is 17.3. The maximum Gasteiger partial charge on any atom is 0.219 e. The molecular weight excluding hydrogens is 330 g/mol. The first-order valence-electron chi connectivity index (χ1n) is 10.7. The van der Waals surface area contributed by atoms with E-state index in [1.807, 2.05) is 0 Å². The number of amides is 1. The first kappa shape index (κ1) is 25.4. The summed E-state index contributed by atoms with van der Waals surface area (Å²) >= 11 is 0. The largest absolute Gasteiger partial charge is 0.395 e. The minimum absolute atomic E-state index is 0.0913.